The molecule has 0 bridgehead atoms. The van der Waals surface area contributed by atoms with Crippen LogP contribution in [-0.2, 0) is 4.79 Å². The standard InChI is InChI=1S/C21H30N2O2/c1-2-3-14-25-19-13-9-8-10-16(19)15-22-23-21(24)20-17-11-6-4-5-7-12-18(17)20/h8-10,13,15,17-18,20H,2-7,11-12,14H2,1H3,(H,23,24)/b22-15+. The van der Waals surface area contributed by atoms with Gasteiger partial charge in [-0.3, -0.25) is 4.79 Å². The number of carbonyl (C=O) groups excluding carboxylic acids is 1. The fraction of sp³-hybridized carbons (Fsp3) is 0.619. The molecule has 2 fully saturated rings. The number of hydrogen-bond acceptors (Lipinski definition) is 3. The number of carbonyl (C=O) groups is 1. The van der Waals surface area contributed by atoms with E-state index in [1.165, 1.54) is 38.5 Å². The molecule has 4 nitrogen and oxygen atoms in total. The maximum Gasteiger partial charge on any atom is 0.243 e. The van der Waals surface area contributed by atoms with Gasteiger partial charge in [0.05, 0.1) is 12.8 Å². The first-order valence-corrected chi connectivity index (χ1v) is 9.86. The summed E-state index contributed by atoms with van der Waals surface area (Å²) in [7, 11) is 0. The Morgan fingerprint density at radius 2 is 1.92 bits per heavy atom. The number of nitrogens with zero attached hydrogens (tertiary/aromatic N) is 1. The summed E-state index contributed by atoms with van der Waals surface area (Å²) < 4.78 is 5.80. The number of para-hydroxylation sites is 1. The molecule has 25 heavy (non-hydrogen) atoms. The zero-order valence-corrected chi connectivity index (χ0v) is 15.2. The summed E-state index contributed by atoms with van der Waals surface area (Å²) in [6.45, 7) is 2.85. The summed E-state index contributed by atoms with van der Waals surface area (Å²) in [5.74, 6) is 2.30. The molecule has 0 spiro atoms. The van der Waals surface area contributed by atoms with Gasteiger partial charge in [-0.05, 0) is 43.2 Å². The number of nitrogens with one attached hydrogen (secondary N) is 1. The SMILES string of the molecule is CCCCOc1ccccc1/C=N/NC(=O)C1C2CCCCCCC21. The molecule has 0 heterocycles. The molecular weight excluding hydrogens is 312 g/mol. The maximum atomic E-state index is 12.4. The van der Waals surface area contributed by atoms with E-state index in [-0.39, 0.29) is 11.8 Å². The Balaban J connectivity index is 1.52. The molecule has 4 heteroatoms. The topological polar surface area (TPSA) is 50.7 Å². The summed E-state index contributed by atoms with van der Waals surface area (Å²) in [5, 5.41) is 4.19. The Morgan fingerprint density at radius 1 is 1.20 bits per heavy atom. The van der Waals surface area contributed by atoms with Crippen molar-refractivity contribution in [3.05, 3.63) is 29.8 Å². The summed E-state index contributed by atoms with van der Waals surface area (Å²) in [4.78, 5) is 12.4. The van der Waals surface area contributed by atoms with Crippen molar-refractivity contribution in [1.82, 2.24) is 5.43 Å². The van der Waals surface area contributed by atoms with E-state index in [4.69, 9.17) is 4.74 Å². The monoisotopic (exact) mass is 342 g/mol. The first-order chi connectivity index (χ1) is 12.3. The van der Waals surface area contributed by atoms with Gasteiger partial charge >= 0.3 is 0 Å². The van der Waals surface area contributed by atoms with Crippen LogP contribution in [0.5, 0.6) is 5.75 Å². The van der Waals surface area contributed by atoms with Gasteiger partial charge in [0.2, 0.25) is 5.91 Å². The predicted molar refractivity (Wildman–Crippen MR) is 101 cm³/mol. The van der Waals surface area contributed by atoms with Crippen molar-refractivity contribution >= 4 is 12.1 Å². The van der Waals surface area contributed by atoms with Crippen LogP contribution in [-0.4, -0.2) is 18.7 Å². The number of rotatable bonds is 7. The molecule has 0 aromatic heterocycles. The highest BCUT2D eigenvalue weighted by Crippen LogP contribution is 2.53. The van der Waals surface area contributed by atoms with Crippen LogP contribution in [0, 0.1) is 17.8 Å². The van der Waals surface area contributed by atoms with Crippen LogP contribution in [0.1, 0.15) is 63.9 Å². The van der Waals surface area contributed by atoms with Crippen LogP contribution < -0.4 is 10.2 Å². The number of hydrazone groups is 1. The van der Waals surface area contributed by atoms with Crippen molar-refractivity contribution in [2.75, 3.05) is 6.61 Å². The number of amides is 1. The quantitative estimate of drug-likeness (QED) is 0.449. The second-order valence-electron chi connectivity index (χ2n) is 7.32. The van der Waals surface area contributed by atoms with E-state index >= 15 is 0 Å². The Kier molecular flexibility index (Phi) is 6.48. The smallest absolute Gasteiger partial charge is 0.243 e. The van der Waals surface area contributed by atoms with Gasteiger partial charge in [0, 0.05) is 11.5 Å². The highest BCUT2D eigenvalue weighted by molar-refractivity contribution is 5.86. The number of fused-ring (bicyclic) bond motifs is 1. The molecule has 1 amide bonds. The first-order valence-electron chi connectivity index (χ1n) is 9.86. The van der Waals surface area contributed by atoms with Gasteiger partial charge in [0.1, 0.15) is 5.75 Å². The average molecular weight is 342 g/mol. The third kappa shape index (κ3) is 4.83. The lowest BCUT2D eigenvalue weighted by Crippen LogP contribution is -2.21. The zero-order valence-electron chi connectivity index (χ0n) is 15.2. The lowest BCUT2D eigenvalue weighted by atomic mass is 10.0. The van der Waals surface area contributed by atoms with Crippen molar-refractivity contribution in [1.29, 1.82) is 0 Å². The maximum absolute atomic E-state index is 12.4. The summed E-state index contributed by atoms with van der Waals surface area (Å²) >= 11 is 0. The Labute approximate surface area is 151 Å². The fourth-order valence-corrected chi connectivity index (χ4v) is 4.02. The normalized spacial score (nSPS) is 25.7. The van der Waals surface area contributed by atoms with E-state index < -0.39 is 0 Å². The van der Waals surface area contributed by atoms with E-state index in [0.717, 1.165) is 24.2 Å². The number of unbranched alkanes of at least 4 members (excludes halogenated alkanes) is 1. The molecule has 0 saturated heterocycles. The molecular formula is C21H30N2O2. The van der Waals surface area contributed by atoms with Crippen molar-refractivity contribution < 1.29 is 9.53 Å². The minimum atomic E-state index is 0.0949. The van der Waals surface area contributed by atoms with E-state index in [1.54, 1.807) is 6.21 Å². The van der Waals surface area contributed by atoms with Crippen LogP contribution in [0.4, 0.5) is 0 Å². The van der Waals surface area contributed by atoms with E-state index in [0.29, 0.717) is 18.4 Å². The van der Waals surface area contributed by atoms with Crippen molar-refractivity contribution in [3.8, 4) is 5.75 Å². The second-order valence-corrected chi connectivity index (χ2v) is 7.32. The molecule has 136 valence electrons. The predicted octanol–water partition coefficient (Wildman–Crippen LogP) is 4.53. The van der Waals surface area contributed by atoms with Crippen molar-refractivity contribution in [2.24, 2.45) is 22.9 Å². The van der Waals surface area contributed by atoms with Gasteiger partial charge in [0.15, 0.2) is 0 Å². The number of ether oxygens (including phenoxy) is 1. The minimum absolute atomic E-state index is 0.0949. The molecule has 2 aliphatic rings. The van der Waals surface area contributed by atoms with Gasteiger partial charge in [-0.25, -0.2) is 5.43 Å². The highest BCUT2D eigenvalue weighted by atomic mass is 16.5. The average Bonchev–Trinajstić information content (AvgIpc) is 3.27. The molecule has 3 rings (SSSR count). The van der Waals surface area contributed by atoms with Gasteiger partial charge < -0.3 is 4.74 Å². The largest absolute Gasteiger partial charge is 0.493 e. The first kappa shape index (κ1) is 18.0. The molecule has 1 N–H and O–H groups in total. The molecule has 1 aromatic rings. The lowest BCUT2D eigenvalue weighted by molar-refractivity contribution is -0.122. The van der Waals surface area contributed by atoms with Crippen LogP contribution in [0.25, 0.3) is 0 Å². The molecule has 2 unspecified atom stereocenters. The van der Waals surface area contributed by atoms with Crippen LogP contribution in [0.15, 0.2) is 29.4 Å². The Hall–Kier alpha value is -1.84. The zero-order chi connectivity index (χ0) is 17.5. The van der Waals surface area contributed by atoms with Crippen molar-refractivity contribution in [3.63, 3.8) is 0 Å². The summed E-state index contributed by atoms with van der Waals surface area (Å²) in [6, 6.07) is 7.82. The Morgan fingerprint density at radius 3 is 2.64 bits per heavy atom. The molecule has 1 aromatic carbocycles. The lowest BCUT2D eigenvalue weighted by Gasteiger charge is -2.08. The van der Waals surface area contributed by atoms with Gasteiger partial charge in [-0.15, -0.1) is 0 Å². The van der Waals surface area contributed by atoms with E-state index in [2.05, 4.69) is 17.5 Å². The minimum Gasteiger partial charge on any atom is -0.493 e. The molecule has 2 atom stereocenters. The van der Waals surface area contributed by atoms with Crippen LogP contribution in [0.2, 0.25) is 0 Å². The van der Waals surface area contributed by atoms with Crippen LogP contribution in [0.3, 0.4) is 0 Å². The molecule has 2 aliphatic carbocycles. The van der Waals surface area contributed by atoms with Crippen LogP contribution >= 0.6 is 0 Å². The van der Waals surface area contributed by atoms with Gasteiger partial charge in [-0.1, -0.05) is 51.2 Å². The molecule has 0 radical (unpaired) electrons. The number of benzene rings is 1. The third-order valence-electron chi connectivity index (χ3n) is 5.51. The summed E-state index contributed by atoms with van der Waals surface area (Å²) in [5.41, 5.74) is 3.66. The van der Waals surface area contributed by atoms with Gasteiger partial charge in [0.25, 0.3) is 0 Å². The number of hydrogen-bond donors (Lipinski definition) is 1. The highest BCUT2D eigenvalue weighted by Gasteiger charge is 2.53. The van der Waals surface area contributed by atoms with E-state index in [1.807, 2.05) is 24.3 Å². The molecule has 0 aliphatic heterocycles. The van der Waals surface area contributed by atoms with E-state index in [9.17, 15) is 4.79 Å². The third-order valence-corrected chi connectivity index (χ3v) is 5.51. The Bertz CT molecular complexity index is 585. The van der Waals surface area contributed by atoms with Gasteiger partial charge in [-0.2, -0.15) is 5.10 Å². The summed E-state index contributed by atoms with van der Waals surface area (Å²) in [6.07, 6.45) is 11.5. The molecule has 2 saturated carbocycles. The second kappa shape index (κ2) is 9.02. The fourth-order valence-electron chi connectivity index (χ4n) is 4.02. The van der Waals surface area contributed by atoms with Crippen molar-refractivity contribution in [2.45, 2.75) is 58.3 Å².